The zero-order chi connectivity index (χ0) is 17.5. The lowest BCUT2D eigenvalue weighted by atomic mass is 10.1. The fraction of sp³-hybridized carbons (Fsp3) is 0.412. The molecule has 1 aromatic heterocycles. The minimum Gasteiger partial charge on any atom is -0.493 e. The van der Waals surface area contributed by atoms with Gasteiger partial charge in [-0.15, -0.1) is 0 Å². The highest BCUT2D eigenvalue weighted by atomic mass is 35.5. The van der Waals surface area contributed by atoms with Crippen molar-refractivity contribution in [3.8, 4) is 11.5 Å². The van der Waals surface area contributed by atoms with E-state index in [2.05, 4.69) is 10.4 Å². The summed E-state index contributed by atoms with van der Waals surface area (Å²) in [6, 6.07) is 5.74. The zero-order valence-corrected chi connectivity index (χ0v) is 14.8. The lowest BCUT2D eigenvalue weighted by Crippen LogP contribution is -2.33. The number of amides is 1. The number of rotatable bonds is 8. The Bertz CT molecular complexity index is 687. The van der Waals surface area contributed by atoms with Crippen LogP contribution in [0.2, 0.25) is 5.02 Å². The Morgan fingerprint density at radius 2 is 2.08 bits per heavy atom. The number of methoxy groups -OCH3 is 2. The maximum Gasteiger partial charge on any atom is 0.224 e. The van der Waals surface area contributed by atoms with Gasteiger partial charge in [-0.05, 0) is 24.1 Å². The first kappa shape index (κ1) is 18.1. The van der Waals surface area contributed by atoms with Crippen molar-refractivity contribution >= 4 is 17.5 Å². The van der Waals surface area contributed by atoms with Gasteiger partial charge in [-0.1, -0.05) is 24.6 Å². The molecule has 1 unspecified atom stereocenters. The molecule has 0 aliphatic heterocycles. The molecule has 1 atom stereocenters. The molecule has 130 valence electrons. The smallest absolute Gasteiger partial charge is 0.224 e. The molecule has 0 aliphatic carbocycles. The first-order chi connectivity index (χ1) is 11.5. The summed E-state index contributed by atoms with van der Waals surface area (Å²) in [6.07, 6.45) is 3.98. The Balaban J connectivity index is 1.81. The van der Waals surface area contributed by atoms with Crippen molar-refractivity contribution in [2.45, 2.75) is 19.9 Å². The first-order valence-electron chi connectivity index (χ1n) is 7.70. The largest absolute Gasteiger partial charge is 0.493 e. The number of ether oxygens (including phenoxy) is 2. The summed E-state index contributed by atoms with van der Waals surface area (Å²) in [7, 11) is 3.21. The molecule has 1 amide bonds. The molecule has 2 rings (SSSR count). The van der Waals surface area contributed by atoms with Crippen molar-refractivity contribution < 1.29 is 14.3 Å². The molecule has 0 bridgehead atoms. The van der Waals surface area contributed by atoms with Gasteiger partial charge in [0.2, 0.25) is 5.91 Å². The molecule has 0 radical (unpaired) electrons. The van der Waals surface area contributed by atoms with E-state index in [9.17, 15) is 4.79 Å². The van der Waals surface area contributed by atoms with E-state index in [1.54, 1.807) is 31.3 Å². The second-order valence-electron chi connectivity index (χ2n) is 5.51. The van der Waals surface area contributed by atoms with Crippen LogP contribution in [0.15, 0.2) is 30.6 Å². The van der Waals surface area contributed by atoms with Gasteiger partial charge in [0, 0.05) is 12.7 Å². The maximum absolute atomic E-state index is 12.1. The highest BCUT2D eigenvalue weighted by molar-refractivity contribution is 6.30. The predicted molar refractivity (Wildman–Crippen MR) is 92.7 cm³/mol. The highest BCUT2D eigenvalue weighted by Crippen LogP contribution is 2.27. The van der Waals surface area contributed by atoms with Crippen LogP contribution in [0.4, 0.5) is 0 Å². The standard InChI is InChI=1S/C17H22ClN3O3/c1-12(10-21-11-14(18)9-20-21)17(22)19-7-6-13-4-5-15(23-2)16(8-13)24-3/h4-5,8-9,11-12H,6-7,10H2,1-3H3,(H,19,22). The van der Waals surface area contributed by atoms with E-state index in [1.165, 1.54) is 0 Å². The topological polar surface area (TPSA) is 65.4 Å². The Morgan fingerprint density at radius 3 is 2.71 bits per heavy atom. The number of carbonyl (C=O) groups excluding carboxylic acids is 1. The Morgan fingerprint density at radius 1 is 1.33 bits per heavy atom. The molecule has 24 heavy (non-hydrogen) atoms. The van der Waals surface area contributed by atoms with Crippen molar-refractivity contribution in [3.05, 3.63) is 41.2 Å². The van der Waals surface area contributed by atoms with E-state index in [0.29, 0.717) is 36.0 Å². The van der Waals surface area contributed by atoms with Gasteiger partial charge in [-0.3, -0.25) is 9.48 Å². The van der Waals surface area contributed by atoms with Gasteiger partial charge in [0.05, 0.1) is 37.9 Å². The first-order valence-corrected chi connectivity index (χ1v) is 8.08. The SMILES string of the molecule is COc1ccc(CCNC(=O)C(C)Cn2cc(Cl)cn2)cc1OC. The van der Waals surface area contributed by atoms with Crippen molar-refractivity contribution in [2.75, 3.05) is 20.8 Å². The van der Waals surface area contributed by atoms with Crippen LogP contribution < -0.4 is 14.8 Å². The van der Waals surface area contributed by atoms with E-state index >= 15 is 0 Å². The van der Waals surface area contributed by atoms with Gasteiger partial charge in [0.25, 0.3) is 0 Å². The number of halogens is 1. The van der Waals surface area contributed by atoms with Crippen LogP contribution in [0, 0.1) is 5.92 Å². The van der Waals surface area contributed by atoms with Crippen LogP contribution in [0.1, 0.15) is 12.5 Å². The molecular formula is C17H22ClN3O3. The van der Waals surface area contributed by atoms with Crippen LogP contribution in [-0.4, -0.2) is 36.5 Å². The Hall–Kier alpha value is -2.21. The number of nitrogens with zero attached hydrogens (tertiary/aromatic N) is 2. The third-order valence-corrected chi connectivity index (χ3v) is 3.87. The molecule has 7 heteroatoms. The highest BCUT2D eigenvalue weighted by Gasteiger charge is 2.14. The van der Waals surface area contributed by atoms with Gasteiger partial charge in [-0.2, -0.15) is 5.10 Å². The Kier molecular flexibility index (Phi) is 6.49. The van der Waals surface area contributed by atoms with E-state index < -0.39 is 0 Å². The lowest BCUT2D eigenvalue weighted by molar-refractivity contribution is -0.124. The molecule has 1 heterocycles. The Labute approximate surface area is 146 Å². The molecule has 0 fully saturated rings. The molecule has 6 nitrogen and oxygen atoms in total. The van der Waals surface area contributed by atoms with E-state index in [1.807, 2.05) is 25.1 Å². The van der Waals surface area contributed by atoms with Crippen LogP contribution in [0.5, 0.6) is 11.5 Å². The molecule has 0 aliphatic rings. The summed E-state index contributed by atoms with van der Waals surface area (Å²) in [5.74, 6) is 1.18. The van der Waals surface area contributed by atoms with Gasteiger partial charge in [-0.25, -0.2) is 0 Å². The summed E-state index contributed by atoms with van der Waals surface area (Å²) in [4.78, 5) is 12.1. The van der Waals surface area contributed by atoms with Crippen molar-refractivity contribution in [2.24, 2.45) is 5.92 Å². The normalized spacial score (nSPS) is 11.8. The predicted octanol–water partition coefficient (Wildman–Crippen LogP) is 2.55. The van der Waals surface area contributed by atoms with Gasteiger partial charge in [0.1, 0.15) is 0 Å². The lowest BCUT2D eigenvalue weighted by Gasteiger charge is -2.13. The summed E-state index contributed by atoms with van der Waals surface area (Å²) in [6.45, 7) is 2.91. The minimum atomic E-state index is -0.189. The van der Waals surface area contributed by atoms with Crippen LogP contribution in [-0.2, 0) is 17.8 Å². The van der Waals surface area contributed by atoms with E-state index in [-0.39, 0.29) is 11.8 Å². The zero-order valence-electron chi connectivity index (χ0n) is 14.1. The van der Waals surface area contributed by atoms with E-state index in [4.69, 9.17) is 21.1 Å². The van der Waals surface area contributed by atoms with E-state index in [0.717, 1.165) is 5.56 Å². The number of benzene rings is 1. The average Bonchev–Trinajstić information content (AvgIpc) is 2.99. The fourth-order valence-electron chi connectivity index (χ4n) is 2.34. The van der Waals surface area contributed by atoms with Gasteiger partial charge in [0.15, 0.2) is 11.5 Å². The third-order valence-electron chi connectivity index (χ3n) is 3.67. The fourth-order valence-corrected chi connectivity index (χ4v) is 2.50. The quantitative estimate of drug-likeness (QED) is 0.793. The number of hydrogen-bond acceptors (Lipinski definition) is 4. The molecule has 0 saturated carbocycles. The third kappa shape index (κ3) is 4.89. The monoisotopic (exact) mass is 351 g/mol. The van der Waals surface area contributed by atoms with Gasteiger partial charge >= 0.3 is 0 Å². The van der Waals surface area contributed by atoms with Crippen molar-refractivity contribution in [1.82, 2.24) is 15.1 Å². The van der Waals surface area contributed by atoms with Gasteiger partial charge < -0.3 is 14.8 Å². The minimum absolute atomic E-state index is 0.0119. The average molecular weight is 352 g/mol. The van der Waals surface area contributed by atoms with Crippen molar-refractivity contribution in [1.29, 1.82) is 0 Å². The van der Waals surface area contributed by atoms with Crippen molar-refractivity contribution in [3.63, 3.8) is 0 Å². The van der Waals surface area contributed by atoms with Crippen LogP contribution in [0.25, 0.3) is 0 Å². The van der Waals surface area contributed by atoms with Crippen LogP contribution >= 0.6 is 11.6 Å². The molecule has 1 aromatic carbocycles. The molecule has 0 spiro atoms. The maximum atomic E-state index is 12.1. The number of nitrogens with one attached hydrogen (secondary N) is 1. The van der Waals surface area contributed by atoms with Crippen LogP contribution in [0.3, 0.4) is 0 Å². The molecular weight excluding hydrogens is 330 g/mol. The summed E-state index contributed by atoms with van der Waals surface area (Å²) in [5, 5.41) is 7.59. The second kappa shape index (κ2) is 8.59. The number of hydrogen-bond donors (Lipinski definition) is 1. The molecule has 0 saturated heterocycles. The summed E-state index contributed by atoms with van der Waals surface area (Å²) >= 11 is 5.82. The summed E-state index contributed by atoms with van der Waals surface area (Å²) in [5.41, 5.74) is 1.07. The second-order valence-corrected chi connectivity index (χ2v) is 5.95. The number of aromatic nitrogens is 2. The number of carbonyl (C=O) groups is 1. The molecule has 1 N–H and O–H groups in total. The summed E-state index contributed by atoms with van der Waals surface area (Å²) < 4.78 is 12.2. The molecule has 2 aromatic rings.